The average Bonchev–Trinajstić information content (AvgIpc) is 3.01. The summed E-state index contributed by atoms with van der Waals surface area (Å²) in [4.78, 5) is 0. The van der Waals surface area contributed by atoms with E-state index in [0.717, 1.165) is 5.76 Å². The first-order valence-electron chi connectivity index (χ1n) is 7.65. The Morgan fingerprint density at radius 3 is 2.55 bits per heavy atom. The van der Waals surface area contributed by atoms with Crippen LogP contribution in [-0.2, 0) is 12.8 Å². The van der Waals surface area contributed by atoms with Crippen LogP contribution in [0.25, 0.3) is 0 Å². The molecule has 1 heterocycles. The SMILES string of the molecule is CC(N[C@@H](C)c1ccco1)c1ccc2c(c1)CCCC2. The van der Waals surface area contributed by atoms with Crippen molar-refractivity contribution >= 4 is 0 Å². The number of rotatable bonds is 4. The van der Waals surface area contributed by atoms with Crippen LogP contribution in [0.1, 0.15) is 61.2 Å². The number of nitrogens with one attached hydrogen (secondary N) is 1. The van der Waals surface area contributed by atoms with E-state index < -0.39 is 0 Å². The second-order valence-corrected chi connectivity index (χ2v) is 5.86. The molecule has 2 nitrogen and oxygen atoms in total. The summed E-state index contributed by atoms with van der Waals surface area (Å²) in [5, 5.41) is 3.61. The van der Waals surface area contributed by atoms with Crippen molar-refractivity contribution in [2.45, 2.75) is 51.6 Å². The number of furan rings is 1. The van der Waals surface area contributed by atoms with E-state index in [1.807, 2.05) is 12.1 Å². The van der Waals surface area contributed by atoms with Crippen LogP contribution in [0.5, 0.6) is 0 Å². The van der Waals surface area contributed by atoms with Crippen molar-refractivity contribution in [2.24, 2.45) is 0 Å². The fourth-order valence-electron chi connectivity index (χ4n) is 3.11. The van der Waals surface area contributed by atoms with Crippen molar-refractivity contribution in [2.75, 3.05) is 0 Å². The third kappa shape index (κ3) is 2.80. The zero-order valence-corrected chi connectivity index (χ0v) is 12.4. The predicted octanol–water partition coefficient (Wildman–Crippen LogP) is 4.57. The van der Waals surface area contributed by atoms with Gasteiger partial charge in [0.15, 0.2) is 0 Å². The molecule has 1 unspecified atom stereocenters. The maximum atomic E-state index is 5.46. The minimum absolute atomic E-state index is 0.232. The molecule has 1 aliphatic rings. The molecule has 1 aromatic carbocycles. The first-order chi connectivity index (χ1) is 9.74. The number of hydrogen-bond donors (Lipinski definition) is 1. The third-order valence-corrected chi connectivity index (χ3v) is 4.34. The molecule has 0 amide bonds. The van der Waals surface area contributed by atoms with E-state index in [1.165, 1.54) is 31.2 Å². The summed E-state index contributed by atoms with van der Waals surface area (Å²) < 4.78 is 5.46. The van der Waals surface area contributed by atoms with Gasteiger partial charge in [-0.15, -0.1) is 0 Å². The molecule has 0 spiro atoms. The Bertz CT molecular complexity index is 559. The van der Waals surface area contributed by atoms with E-state index in [-0.39, 0.29) is 6.04 Å². The topological polar surface area (TPSA) is 25.2 Å². The summed E-state index contributed by atoms with van der Waals surface area (Å²) in [7, 11) is 0. The Morgan fingerprint density at radius 1 is 1.00 bits per heavy atom. The van der Waals surface area contributed by atoms with Gasteiger partial charge in [0.1, 0.15) is 5.76 Å². The largest absolute Gasteiger partial charge is 0.468 e. The van der Waals surface area contributed by atoms with Crippen LogP contribution in [0.3, 0.4) is 0 Å². The summed E-state index contributed by atoms with van der Waals surface area (Å²) in [6.07, 6.45) is 6.90. The number of aryl methyl sites for hydroxylation is 2. The maximum Gasteiger partial charge on any atom is 0.120 e. The summed E-state index contributed by atoms with van der Waals surface area (Å²) in [6.45, 7) is 4.37. The van der Waals surface area contributed by atoms with Crippen LogP contribution < -0.4 is 5.32 Å². The van der Waals surface area contributed by atoms with Gasteiger partial charge in [-0.25, -0.2) is 0 Å². The molecule has 3 rings (SSSR count). The van der Waals surface area contributed by atoms with Crippen molar-refractivity contribution in [3.05, 3.63) is 59.0 Å². The second-order valence-electron chi connectivity index (χ2n) is 5.86. The summed E-state index contributed by atoms with van der Waals surface area (Å²) in [5.41, 5.74) is 4.48. The molecular weight excluding hydrogens is 246 g/mol. The van der Waals surface area contributed by atoms with Gasteiger partial charge in [-0.3, -0.25) is 0 Å². The normalized spacial score (nSPS) is 17.5. The van der Waals surface area contributed by atoms with Crippen LogP contribution >= 0.6 is 0 Å². The minimum atomic E-state index is 0.232. The Balaban J connectivity index is 1.72. The van der Waals surface area contributed by atoms with Crippen LogP contribution in [0.4, 0.5) is 0 Å². The van der Waals surface area contributed by atoms with E-state index in [2.05, 4.69) is 37.4 Å². The Morgan fingerprint density at radius 2 is 1.80 bits per heavy atom. The van der Waals surface area contributed by atoms with Crippen LogP contribution in [-0.4, -0.2) is 0 Å². The zero-order chi connectivity index (χ0) is 13.9. The lowest BCUT2D eigenvalue weighted by Gasteiger charge is -2.22. The molecule has 1 N–H and O–H groups in total. The summed E-state index contributed by atoms with van der Waals surface area (Å²) >= 11 is 0. The van der Waals surface area contributed by atoms with Gasteiger partial charge in [0.25, 0.3) is 0 Å². The lowest BCUT2D eigenvalue weighted by atomic mass is 9.89. The summed E-state index contributed by atoms with van der Waals surface area (Å²) in [5.74, 6) is 0.995. The van der Waals surface area contributed by atoms with Crippen LogP contribution in [0.2, 0.25) is 0 Å². The van der Waals surface area contributed by atoms with Crippen molar-refractivity contribution < 1.29 is 4.42 Å². The molecule has 0 saturated heterocycles. The molecule has 0 fully saturated rings. The lowest BCUT2D eigenvalue weighted by Crippen LogP contribution is -2.22. The average molecular weight is 269 g/mol. The van der Waals surface area contributed by atoms with E-state index in [9.17, 15) is 0 Å². The van der Waals surface area contributed by atoms with Crippen LogP contribution in [0.15, 0.2) is 41.0 Å². The van der Waals surface area contributed by atoms with Gasteiger partial charge < -0.3 is 9.73 Å². The van der Waals surface area contributed by atoms with E-state index >= 15 is 0 Å². The van der Waals surface area contributed by atoms with Crippen LogP contribution in [0, 0.1) is 0 Å². The highest BCUT2D eigenvalue weighted by molar-refractivity contribution is 5.35. The molecule has 2 atom stereocenters. The van der Waals surface area contributed by atoms with Crippen molar-refractivity contribution in [3.8, 4) is 0 Å². The monoisotopic (exact) mass is 269 g/mol. The smallest absolute Gasteiger partial charge is 0.120 e. The first-order valence-corrected chi connectivity index (χ1v) is 7.65. The Kier molecular flexibility index (Phi) is 3.93. The number of fused-ring (bicyclic) bond motifs is 1. The van der Waals surface area contributed by atoms with Gasteiger partial charge in [0.2, 0.25) is 0 Å². The third-order valence-electron chi connectivity index (χ3n) is 4.34. The molecule has 0 radical (unpaired) electrons. The first kappa shape index (κ1) is 13.4. The number of benzene rings is 1. The van der Waals surface area contributed by atoms with Gasteiger partial charge in [-0.1, -0.05) is 18.2 Å². The molecule has 0 aliphatic heterocycles. The molecule has 20 heavy (non-hydrogen) atoms. The molecule has 2 aromatic rings. The highest BCUT2D eigenvalue weighted by Gasteiger charge is 2.15. The van der Waals surface area contributed by atoms with E-state index in [4.69, 9.17) is 4.42 Å². The fraction of sp³-hybridized carbons (Fsp3) is 0.444. The number of hydrogen-bond acceptors (Lipinski definition) is 2. The highest BCUT2D eigenvalue weighted by atomic mass is 16.3. The maximum absolute atomic E-state index is 5.46. The Hall–Kier alpha value is -1.54. The minimum Gasteiger partial charge on any atom is -0.468 e. The van der Waals surface area contributed by atoms with Gasteiger partial charge in [0.05, 0.1) is 12.3 Å². The van der Waals surface area contributed by atoms with Gasteiger partial charge >= 0.3 is 0 Å². The molecule has 1 aliphatic carbocycles. The van der Waals surface area contributed by atoms with Crippen molar-refractivity contribution in [3.63, 3.8) is 0 Å². The highest BCUT2D eigenvalue weighted by Crippen LogP contribution is 2.26. The lowest BCUT2D eigenvalue weighted by molar-refractivity contribution is 0.403. The van der Waals surface area contributed by atoms with E-state index in [1.54, 1.807) is 17.4 Å². The van der Waals surface area contributed by atoms with E-state index in [0.29, 0.717) is 6.04 Å². The van der Waals surface area contributed by atoms with Crippen molar-refractivity contribution in [1.29, 1.82) is 0 Å². The zero-order valence-electron chi connectivity index (χ0n) is 12.4. The molecule has 0 bridgehead atoms. The quantitative estimate of drug-likeness (QED) is 0.879. The van der Waals surface area contributed by atoms with Gasteiger partial charge in [-0.2, -0.15) is 0 Å². The fourth-order valence-corrected chi connectivity index (χ4v) is 3.11. The molecule has 2 heteroatoms. The molecule has 0 saturated carbocycles. The molecular formula is C18H23NO. The molecule has 1 aromatic heterocycles. The Labute approximate surface area is 121 Å². The molecule has 106 valence electrons. The standard InChI is InChI=1S/C18H23NO/c1-13(19-14(2)18-8-5-11-20-18)16-10-9-15-6-3-4-7-17(15)12-16/h5,8-14,19H,3-4,6-7H2,1-2H3/t13?,14-/m0/s1. The van der Waals surface area contributed by atoms with Gasteiger partial charge in [0, 0.05) is 6.04 Å². The second kappa shape index (κ2) is 5.84. The predicted molar refractivity (Wildman–Crippen MR) is 81.8 cm³/mol. The van der Waals surface area contributed by atoms with Crippen molar-refractivity contribution in [1.82, 2.24) is 5.32 Å². The van der Waals surface area contributed by atoms with Gasteiger partial charge in [-0.05, 0) is 68.4 Å². The summed E-state index contributed by atoms with van der Waals surface area (Å²) in [6, 6.07) is 11.5.